The Morgan fingerprint density at radius 3 is 2.33 bits per heavy atom. The molecule has 1 aliphatic carbocycles. The van der Waals surface area contributed by atoms with Crippen LogP contribution in [0.3, 0.4) is 0 Å². The van der Waals surface area contributed by atoms with Gasteiger partial charge < -0.3 is 10.2 Å². The van der Waals surface area contributed by atoms with Crippen LogP contribution in [0.5, 0.6) is 0 Å². The van der Waals surface area contributed by atoms with Crippen LogP contribution >= 0.6 is 0 Å². The van der Waals surface area contributed by atoms with Crippen molar-refractivity contribution in [2.45, 2.75) is 52.0 Å². The van der Waals surface area contributed by atoms with Crippen LogP contribution in [-0.4, -0.2) is 30.8 Å². The van der Waals surface area contributed by atoms with Gasteiger partial charge in [0.25, 0.3) is 5.91 Å². The molecule has 132 valence electrons. The van der Waals surface area contributed by atoms with Crippen LogP contribution in [0.4, 0.5) is 0 Å². The summed E-state index contributed by atoms with van der Waals surface area (Å²) in [4.78, 5) is 25.6. The maximum Gasteiger partial charge on any atom is 0.253 e. The van der Waals surface area contributed by atoms with Gasteiger partial charge in [-0.25, -0.2) is 0 Å². The first-order chi connectivity index (χ1) is 11.5. The topological polar surface area (TPSA) is 49.4 Å². The molecule has 1 aliphatic rings. The Morgan fingerprint density at radius 1 is 1.12 bits per heavy atom. The molecule has 0 saturated heterocycles. The quantitative estimate of drug-likeness (QED) is 0.866. The van der Waals surface area contributed by atoms with Crippen LogP contribution in [0.25, 0.3) is 0 Å². The van der Waals surface area contributed by atoms with Gasteiger partial charge in [0.1, 0.15) is 0 Å². The summed E-state index contributed by atoms with van der Waals surface area (Å²) in [5.74, 6) is 1.29. The van der Waals surface area contributed by atoms with E-state index < -0.39 is 0 Å². The number of hydrogen-bond acceptors (Lipinski definition) is 2. The van der Waals surface area contributed by atoms with Crippen molar-refractivity contribution in [3.63, 3.8) is 0 Å². The van der Waals surface area contributed by atoms with E-state index in [9.17, 15) is 9.59 Å². The summed E-state index contributed by atoms with van der Waals surface area (Å²) in [6, 6.07) is 7.44. The number of carbonyl (C=O) groups excluding carboxylic acids is 2. The van der Waals surface area contributed by atoms with Gasteiger partial charge >= 0.3 is 0 Å². The lowest BCUT2D eigenvalue weighted by Gasteiger charge is -2.27. The second-order valence-electron chi connectivity index (χ2n) is 7.25. The minimum Gasteiger partial charge on any atom is -0.352 e. The van der Waals surface area contributed by atoms with Gasteiger partial charge in [0, 0.05) is 32.6 Å². The van der Waals surface area contributed by atoms with Gasteiger partial charge in [-0.3, -0.25) is 9.59 Å². The number of amides is 2. The number of carbonyl (C=O) groups is 2. The van der Waals surface area contributed by atoms with Crippen molar-refractivity contribution in [1.29, 1.82) is 0 Å². The smallest absolute Gasteiger partial charge is 0.253 e. The van der Waals surface area contributed by atoms with E-state index in [1.54, 1.807) is 19.0 Å². The number of nitrogens with one attached hydrogen (secondary N) is 1. The number of benzene rings is 1. The molecule has 0 heterocycles. The van der Waals surface area contributed by atoms with Crippen LogP contribution in [-0.2, 0) is 11.3 Å². The van der Waals surface area contributed by atoms with Gasteiger partial charge in [-0.2, -0.15) is 0 Å². The molecular formula is C20H30N2O2. The van der Waals surface area contributed by atoms with E-state index >= 15 is 0 Å². The molecule has 2 amide bonds. The largest absolute Gasteiger partial charge is 0.352 e. The van der Waals surface area contributed by atoms with Crippen molar-refractivity contribution in [3.8, 4) is 0 Å². The average molecular weight is 330 g/mol. The minimum atomic E-state index is -0.00751. The first-order valence-corrected chi connectivity index (χ1v) is 9.04. The first kappa shape index (κ1) is 18.5. The van der Waals surface area contributed by atoms with Crippen molar-refractivity contribution in [1.82, 2.24) is 10.2 Å². The summed E-state index contributed by atoms with van der Waals surface area (Å²) in [6.45, 7) is 2.73. The fraction of sp³-hybridized carbons (Fsp3) is 0.600. The Balaban J connectivity index is 1.77. The van der Waals surface area contributed by atoms with Gasteiger partial charge in [0.2, 0.25) is 5.91 Å². The molecule has 2 rings (SSSR count). The molecule has 1 N–H and O–H groups in total. The molecule has 1 aromatic carbocycles. The summed E-state index contributed by atoms with van der Waals surface area (Å²) < 4.78 is 0. The Morgan fingerprint density at radius 2 is 1.75 bits per heavy atom. The lowest BCUT2D eigenvalue weighted by Crippen LogP contribution is -2.27. The molecule has 1 fully saturated rings. The molecule has 1 saturated carbocycles. The Kier molecular flexibility index (Phi) is 6.83. The fourth-order valence-corrected chi connectivity index (χ4v) is 3.46. The maximum atomic E-state index is 12.2. The second-order valence-corrected chi connectivity index (χ2v) is 7.25. The highest BCUT2D eigenvalue weighted by Crippen LogP contribution is 2.31. The molecular weight excluding hydrogens is 300 g/mol. The highest BCUT2D eigenvalue weighted by molar-refractivity contribution is 5.93. The summed E-state index contributed by atoms with van der Waals surface area (Å²) >= 11 is 0. The van der Waals surface area contributed by atoms with E-state index in [1.807, 2.05) is 24.3 Å². The fourth-order valence-electron chi connectivity index (χ4n) is 3.46. The van der Waals surface area contributed by atoms with Crippen LogP contribution in [0, 0.1) is 11.8 Å². The van der Waals surface area contributed by atoms with E-state index in [2.05, 4.69) is 12.2 Å². The van der Waals surface area contributed by atoms with Gasteiger partial charge in [-0.15, -0.1) is 0 Å². The molecule has 0 bridgehead atoms. The summed E-state index contributed by atoms with van der Waals surface area (Å²) in [7, 11) is 3.48. The van der Waals surface area contributed by atoms with Crippen LogP contribution in [0.1, 0.15) is 61.4 Å². The molecule has 1 aromatic rings. The van der Waals surface area contributed by atoms with Crippen molar-refractivity contribution in [2.75, 3.05) is 14.1 Å². The monoisotopic (exact) mass is 330 g/mol. The Hall–Kier alpha value is -1.84. The third kappa shape index (κ3) is 5.36. The van der Waals surface area contributed by atoms with Crippen LogP contribution in [0.2, 0.25) is 0 Å². The maximum absolute atomic E-state index is 12.2. The number of rotatable bonds is 6. The highest BCUT2D eigenvalue weighted by atomic mass is 16.2. The number of nitrogens with zero attached hydrogens (tertiary/aromatic N) is 1. The zero-order valence-electron chi connectivity index (χ0n) is 15.2. The molecule has 0 aromatic heterocycles. The van der Waals surface area contributed by atoms with Crippen LogP contribution < -0.4 is 5.32 Å². The predicted molar refractivity (Wildman–Crippen MR) is 96.7 cm³/mol. The SMILES string of the molecule is CC(CC(=O)NCc1ccc(C(=O)N(C)C)cc1)C1CCCCC1. The van der Waals surface area contributed by atoms with Crippen molar-refractivity contribution < 1.29 is 9.59 Å². The second kappa shape index (κ2) is 8.86. The number of hydrogen-bond donors (Lipinski definition) is 1. The van der Waals surface area contributed by atoms with E-state index in [0.717, 1.165) is 5.56 Å². The lowest BCUT2D eigenvalue weighted by molar-refractivity contribution is -0.122. The van der Waals surface area contributed by atoms with Gasteiger partial charge in [-0.05, 0) is 29.5 Å². The minimum absolute atomic E-state index is 0.00751. The Bertz CT molecular complexity index is 545. The van der Waals surface area contributed by atoms with Gasteiger partial charge in [-0.1, -0.05) is 51.2 Å². The van der Waals surface area contributed by atoms with E-state index in [0.29, 0.717) is 30.4 Å². The van der Waals surface area contributed by atoms with Gasteiger partial charge in [0.15, 0.2) is 0 Å². The molecule has 0 aliphatic heterocycles. The average Bonchev–Trinajstić information content (AvgIpc) is 2.60. The molecule has 0 radical (unpaired) electrons. The predicted octanol–water partition coefficient (Wildman–Crippen LogP) is 3.61. The van der Waals surface area contributed by atoms with Crippen molar-refractivity contribution >= 4 is 11.8 Å². The highest BCUT2D eigenvalue weighted by Gasteiger charge is 2.22. The molecule has 1 atom stereocenters. The summed E-state index contributed by atoms with van der Waals surface area (Å²) in [6.07, 6.45) is 7.14. The third-order valence-corrected chi connectivity index (χ3v) is 5.06. The van der Waals surface area contributed by atoms with Gasteiger partial charge in [0.05, 0.1) is 0 Å². The van der Waals surface area contributed by atoms with Crippen molar-refractivity contribution in [3.05, 3.63) is 35.4 Å². The van der Waals surface area contributed by atoms with E-state index in [-0.39, 0.29) is 11.8 Å². The summed E-state index contributed by atoms with van der Waals surface area (Å²) in [5, 5.41) is 3.01. The third-order valence-electron chi connectivity index (χ3n) is 5.06. The van der Waals surface area contributed by atoms with E-state index in [1.165, 1.54) is 32.1 Å². The normalized spacial score (nSPS) is 16.5. The Labute approximate surface area is 145 Å². The zero-order valence-corrected chi connectivity index (χ0v) is 15.2. The van der Waals surface area contributed by atoms with E-state index in [4.69, 9.17) is 0 Å². The molecule has 4 nitrogen and oxygen atoms in total. The summed E-state index contributed by atoms with van der Waals surface area (Å²) in [5.41, 5.74) is 1.69. The standard InChI is InChI=1S/C20H30N2O2/c1-15(17-7-5-4-6-8-17)13-19(23)21-14-16-9-11-18(12-10-16)20(24)22(2)3/h9-12,15,17H,4-8,13-14H2,1-3H3,(H,21,23). The molecule has 24 heavy (non-hydrogen) atoms. The first-order valence-electron chi connectivity index (χ1n) is 9.04. The molecule has 0 spiro atoms. The van der Waals surface area contributed by atoms with Crippen LogP contribution in [0.15, 0.2) is 24.3 Å². The van der Waals surface area contributed by atoms with Crippen molar-refractivity contribution in [2.24, 2.45) is 11.8 Å². The molecule has 1 unspecified atom stereocenters. The molecule has 4 heteroatoms. The lowest BCUT2D eigenvalue weighted by atomic mass is 9.79. The zero-order chi connectivity index (χ0) is 17.5.